The third kappa shape index (κ3) is 9.13. The van der Waals surface area contributed by atoms with Crippen LogP contribution in [0.4, 0.5) is 0 Å². The molecule has 5 heterocycles. The van der Waals surface area contributed by atoms with Gasteiger partial charge in [-0.05, 0) is 81.0 Å². The SMILES string of the molecule is C[C@H]1CC[C@@]2(OC1)O[C@H]1C[C@@]3(O)[C@@H]4CC=C5C[C@@H](O[C@@H]6O[C@H](CO)[C@H](O[C@@H]7O[C@H](CO)[C@@H](O)[C@H](O[C@@H]8CC[C@@H](O)[C@H](O)[C@H]8O)[C@H]7O[C@@H]7O[C@H](CO)[C@@H](O)[C@H](O)[C@H]7O)[C@H](O)[C@H]6O)CC[C@]5(C)[C@H]4CC[C@]3(C)[C@H]1[C@@H]2C. The molecule has 0 radical (unpaired) electrons. The van der Waals surface area contributed by atoms with Crippen molar-refractivity contribution in [2.24, 2.45) is 40.4 Å². The lowest BCUT2D eigenvalue weighted by Crippen LogP contribution is -2.68. The molecule has 5 aliphatic heterocycles. The van der Waals surface area contributed by atoms with Crippen molar-refractivity contribution in [3.05, 3.63) is 11.6 Å². The summed E-state index contributed by atoms with van der Waals surface area (Å²) in [7, 11) is 0. The average molecular weight is 1050 g/mol. The summed E-state index contributed by atoms with van der Waals surface area (Å²) in [5.74, 6) is 0.517. The molecular weight excluding hydrogens is 965 g/mol. The first kappa shape index (κ1) is 55.2. The summed E-state index contributed by atoms with van der Waals surface area (Å²) in [6.07, 6.45) is -23.1. The molecule has 0 aromatic heterocycles. The van der Waals surface area contributed by atoms with Crippen molar-refractivity contribution in [2.75, 3.05) is 26.4 Å². The first-order chi connectivity index (χ1) is 34.6. The van der Waals surface area contributed by atoms with Gasteiger partial charge in [0.05, 0.1) is 56.4 Å². The van der Waals surface area contributed by atoms with Crippen LogP contribution in [0.3, 0.4) is 0 Å². The number of hydrogen-bond acceptors (Lipinski definition) is 22. The minimum absolute atomic E-state index is 0.0233. The Labute approximate surface area is 425 Å². The van der Waals surface area contributed by atoms with Crippen molar-refractivity contribution in [1.29, 1.82) is 0 Å². The third-order valence-corrected chi connectivity index (χ3v) is 20.1. The van der Waals surface area contributed by atoms with Gasteiger partial charge in [0.15, 0.2) is 24.7 Å². The summed E-state index contributed by atoms with van der Waals surface area (Å²) in [5.41, 5.74) is -0.261. The van der Waals surface area contributed by atoms with E-state index < -0.39 is 154 Å². The van der Waals surface area contributed by atoms with Crippen molar-refractivity contribution in [1.82, 2.24) is 0 Å². The molecule has 22 heteroatoms. The van der Waals surface area contributed by atoms with Gasteiger partial charge in [0.25, 0.3) is 0 Å². The highest BCUT2D eigenvalue weighted by molar-refractivity contribution is 5.30. The summed E-state index contributed by atoms with van der Waals surface area (Å²) in [4.78, 5) is 0. The standard InChI is InChI=1S/C51H82O22/c1-21-9-14-51(65-20-21)22(2)33-29(73-51)16-50(64)26-6-5-23-15-24(10-12-48(23,3)25(26)11-13-49(33,50)4)66-45-41(63)39(61)42(32(19-54)70-45)71-47-44(72-46-40(62)38(60)36(58)30(17-52)68-46)43(37(59)31(18-53)69-47)67-28-8-7-27(55)34(56)35(28)57/h5,21-22,24-47,52-64H,6-20H2,1-4H3/t21-,22-,24-,25-,26+,27+,28+,29-,30+,31+,32+,33-,34-,35-,36+,37+,38-,39+,40+,41+,42-,43-,44+,45+,46-,47-,48-,49+,50+,51+/m0/s1. The quantitative estimate of drug-likeness (QED) is 0.0957. The molecule has 4 saturated carbocycles. The van der Waals surface area contributed by atoms with E-state index in [1.807, 2.05) is 0 Å². The van der Waals surface area contributed by atoms with E-state index in [2.05, 4.69) is 33.8 Å². The van der Waals surface area contributed by atoms with Crippen LogP contribution < -0.4 is 0 Å². The van der Waals surface area contributed by atoms with Crippen LogP contribution in [0.15, 0.2) is 11.6 Å². The fourth-order valence-corrected chi connectivity index (χ4v) is 15.7. The Bertz CT molecular complexity index is 1940. The summed E-state index contributed by atoms with van der Waals surface area (Å²) in [6, 6.07) is 0. The van der Waals surface area contributed by atoms with Gasteiger partial charge >= 0.3 is 0 Å². The van der Waals surface area contributed by atoms with E-state index in [0.29, 0.717) is 38.2 Å². The van der Waals surface area contributed by atoms with Crippen LogP contribution in [0.1, 0.15) is 98.3 Å². The van der Waals surface area contributed by atoms with Crippen LogP contribution in [0.2, 0.25) is 0 Å². The molecule has 10 aliphatic rings. The van der Waals surface area contributed by atoms with Crippen molar-refractivity contribution in [3.8, 4) is 0 Å². The molecule has 10 rings (SSSR count). The normalized spacial score (nSPS) is 57.1. The van der Waals surface area contributed by atoms with Gasteiger partial charge in [0.2, 0.25) is 0 Å². The number of hydrogen-bond donors (Lipinski definition) is 13. The van der Waals surface area contributed by atoms with Crippen LogP contribution in [0.25, 0.3) is 0 Å². The van der Waals surface area contributed by atoms with Gasteiger partial charge in [-0.1, -0.05) is 39.3 Å². The number of allylic oxidation sites excluding steroid dienone is 1. The molecule has 30 atom stereocenters. The van der Waals surface area contributed by atoms with E-state index in [-0.39, 0.29) is 53.4 Å². The second-order valence-corrected chi connectivity index (χ2v) is 24.0. The van der Waals surface area contributed by atoms with Gasteiger partial charge in [-0.3, -0.25) is 0 Å². The molecule has 0 bridgehead atoms. The van der Waals surface area contributed by atoms with E-state index in [9.17, 15) is 66.4 Å². The molecule has 22 nitrogen and oxygen atoms in total. The Morgan fingerprint density at radius 3 is 1.96 bits per heavy atom. The Kier molecular flexibility index (Phi) is 15.7. The monoisotopic (exact) mass is 1050 g/mol. The molecule has 1 spiro atoms. The lowest BCUT2D eigenvalue weighted by atomic mass is 9.45. The smallest absolute Gasteiger partial charge is 0.187 e. The third-order valence-electron chi connectivity index (χ3n) is 20.1. The van der Waals surface area contributed by atoms with Crippen molar-refractivity contribution < 1.29 is 109 Å². The summed E-state index contributed by atoms with van der Waals surface area (Å²) < 4.78 is 56.1. The van der Waals surface area contributed by atoms with E-state index in [1.165, 1.54) is 5.57 Å². The van der Waals surface area contributed by atoms with E-state index in [1.54, 1.807) is 0 Å². The zero-order valence-electron chi connectivity index (χ0n) is 42.2. The fraction of sp³-hybridized carbons (Fsp3) is 0.961. The maximum absolute atomic E-state index is 13.0. The van der Waals surface area contributed by atoms with Gasteiger partial charge < -0.3 is 109 Å². The van der Waals surface area contributed by atoms with Crippen LogP contribution in [0.5, 0.6) is 0 Å². The number of ether oxygens (including phenoxy) is 9. The summed E-state index contributed by atoms with van der Waals surface area (Å²) in [6.45, 7) is 7.29. The zero-order valence-corrected chi connectivity index (χ0v) is 42.2. The van der Waals surface area contributed by atoms with Gasteiger partial charge in [-0.15, -0.1) is 0 Å². The molecule has 0 aromatic carbocycles. The molecule has 73 heavy (non-hydrogen) atoms. The lowest BCUT2D eigenvalue weighted by Gasteiger charge is -2.62. The highest BCUT2D eigenvalue weighted by Gasteiger charge is 2.74. The predicted octanol–water partition coefficient (Wildman–Crippen LogP) is -2.43. The van der Waals surface area contributed by atoms with Gasteiger partial charge in [0, 0.05) is 30.1 Å². The molecule has 13 N–H and O–H groups in total. The molecule has 0 amide bonds. The molecule has 9 fully saturated rings. The molecular formula is C51H82O22. The second-order valence-electron chi connectivity index (χ2n) is 24.0. The van der Waals surface area contributed by atoms with Crippen LogP contribution in [-0.4, -0.2) is 233 Å². The number of fused-ring (bicyclic) bond motifs is 7. The molecule has 5 saturated heterocycles. The first-order valence-electron chi connectivity index (χ1n) is 26.9. The number of aliphatic hydroxyl groups excluding tert-OH is 12. The molecule has 5 aliphatic carbocycles. The Balaban J connectivity index is 0.833. The van der Waals surface area contributed by atoms with E-state index >= 15 is 0 Å². The van der Waals surface area contributed by atoms with E-state index in [0.717, 1.165) is 32.1 Å². The molecule has 418 valence electrons. The van der Waals surface area contributed by atoms with Crippen molar-refractivity contribution >= 4 is 0 Å². The average Bonchev–Trinajstić information content (AvgIpc) is 3.77. The minimum atomic E-state index is -1.98. The second kappa shape index (κ2) is 20.8. The van der Waals surface area contributed by atoms with Crippen molar-refractivity contribution in [3.63, 3.8) is 0 Å². The predicted molar refractivity (Wildman–Crippen MR) is 247 cm³/mol. The zero-order chi connectivity index (χ0) is 52.3. The Hall–Kier alpha value is -1.14. The highest BCUT2D eigenvalue weighted by Crippen LogP contribution is 2.72. The lowest BCUT2D eigenvalue weighted by molar-refractivity contribution is -0.395. The highest BCUT2D eigenvalue weighted by atomic mass is 16.8. The van der Waals surface area contributed by atoms with E-state index in [4.69, 9.17) is 42.6 Å². The maximum Gasteiger partial charge on any atom is 0.187 e. The number of rotatable bonds is 11. The summed E-state index contributed by atoms with van der Waals surface area (Å²) in [5, 5.41) is 143. The van der Waals surface area contributed by atoms with Crippen molar-refractivity contribution in [2.45, 2.75) is 238 Å². The Morgan fingerprint density at radius 1 is 0.603 bits per heavy atom. The summed E-state index contributed by atoms with van der Waals surface area (Å²) >= 11 is 0. The molecule has 0 aromatic rings. The fourth-order valence-electron chi connectivity index (χ4n) is 15.7. The van der Waals surface area contributed by atoms with Gasteiger partial charge in [-0.25, -0.2) is 0 Å². The van der Waals surface area contributed by atoms with Gasteiger partial charge in [-0.2, -0.15) is 0 Å². The van der Waals surface area contributed by atoms with Crippen LogP contribution in [0, 0.1) is 40.4 Å². The largest absolute Gasteiger partial charge is 0.394 e. The van der Waals surface area contributed by atoms with Crippen LogP contribution in [-0.2, 0) is 42.6 Å². The van der Waals surface area contributed by atoms with Gasteiger partial charge in [0.1, 0.15) is 85.5 Å². The maximum atomic E-state index is 13.0. The first-order valence-corrected chi connectivity index (χ1v) is 26.9. The minimum Gasteiger partial charge on any atom is -0.394 e. The van der Waals surface area contributed by atoms with Crippen LogP contribution >= 0.6 is 0 Å². The Morgan fingerprint density at radius 2 is 1.26 bits per heavy atom. The topological polar surface area (TPSA) is 346 Å². The molecule has 0 unspecified atom stereocenters. The number of aliphatic hydroxyl groups is 13.